The molecule has 0 aliphatic heterocycles. The highest BCUT2D eigenvalue weighted by atomic mass is 16.5. The van der Waals surface area contributed by atoms with Crippen molar-refractivity contribution in [3.8, 4) is 0 Å². The van der Waals surface area contributed by atoms with Gasteiger partial charge in [-0.05, 0) is 43.7 Å². The van der Waals surface area contributed by atoms with Gasteiger partial charge in [-0.1, -0.05) is 35.9 Å². The fourth-order valence-electron chi connectivity index (χ4n) is 2.38. The smallest absolute Gasteiger partial charge is 0.303 e. The molecule has 1 unspecified atom stereocenters. The molecule has 2 heteroatoms. The van der Waals surface area contributed by atoms with E-state index in [0.717, 1.165) is 19.3 Å². The van der Waals surface area contributed by atoms with Gasteiger partial charge in [-0.3, -0.25) is 4.79 Å². The van der Waals surface area contributed by atoms with Crippen molar-refractivity contribution in [2.24, 2.45) is 0 Å². The number of ether oxygens (including phenoxy) is 1. The summed E-state index contributed by atoms with van der Waals surface area (Å²) in [4.78, 5) is 11.1. The first-order chi connectivity index (χ1) is 8.65. The van der Waals surface area contributed by atoms with Crippen molar-refractivity contribution in [3.05, 3.63) is 41.0 Å². The van der Waals surface area contributed by atoms with E-state index in [1.807, 2.05) is 0 Å². The summed E-state index contributed by atoms with van der Waals surface area (Å²) in [5.74, 6) is -0.184. The van der Waals surface area contributed by atoms with E-state index < -0.39 is 0 Å². The summed E-state index contributed by atoms with van der Waals surface area (Å²) in [6, 6.07) is 8.44. The highest BCUT2D eigenvalue weighted by Crippen LogP contribution is 2.28. The molecule has 2 rings (SSSR count). The van der Waals surface area contributed by atoms with Gasteiger partial charge in [0.15, 0.2) is 0 Å². The molecule has 1 aliphatic rings. The Labute approximate surface area is 109 Å². The molecule has 1 aromatic rings. The maximum Gasteiger partial charge on any atom is 0.303 e. The van der Waals surface area contributed by atoms with E-state index in [-0.39, 0.29) is 12.1 Å². The molecule has 1 saturated carbocycles. The second-order valence-electron chi connectivity index (χ2n) is 4.97. The van der Waals surface area contributed by atoms with Crippen molar-refractivity contribution >= 4 is 12.0 Å². The van der Waals surface area contributed by atoms with E-state index in [0.29, 0.717) is 0 Å². The van der Waals surface area contributed by atoms with Gasteiger partial charge in [0.25, 0.3) is 0 Å². The number of hydrogen-bond donors (Lipinski definition) is 0. The fraction of sp³-hybridized carbons (Fsp3) is 0.438. The largest absolute Gasteiger partial charge is 0.458 e. The average Bonchev–Trinajstić information content (AvgIpc) is 2.34. The normalized spacial score (nSPS) is 21.9. The first-order valence-corrected chi connectivity index (χ1v) is 6.59. The third kappa shape index (κ3) is 3.46. The highest BCUT2D eigenvalue weighted by molar-refractivity contribution is 5.67. The van der Waals surface area contributed by atoms with E-state index in [2.05, 4.69) is 37.3 Å². The van der Waals surface area contributed by atoms with Crippen molar-refractivity contribution in [2.45, 2.75) is 45.6 Å². The number of hydrogen-bond acceptors (Lipinski definition) is 2. The van der Waals surface area contributed by atoms with Crippen LogP contribution in [0.3, 0.4) is 0 Å². The minimum absolute atomic E-state index is 0.0162. The Balaban J connectivity index is 2.17. The Hall–Kier alpha value is -1.57. The van der Waals surface area contributed by atoms with Gasteiger partial charge in [-0.2, -0.15) is 0 Å². The number of esters is 1. The molecular weight excluding hydrogens is 224 g/mol. The molecule has 0 radical (unpaired) electrons. The molecule has 0 bridgehead atoms. The van der Waals surface area contributed by atoms with Gasteiger partial charge in [0.05, 0.1) is 0 Å². The summed E-state index contributed by atoms with van der Waals surface area (Å²) in [7, 11) is 0. The average molecular weight is 244 g/mol. The summed E-state index contributed by atoms with van der Waals surface area (Å²) in [5, 5.41) is 0. The topological polar surface area (TPSA) is 26.3 Å². The van der Waals surface area contributed by atoms with Crippen LogP contribution >= 0.6 is 0 Å². The lowest BCUT2D eigenvalue weighted by Gasteiger charge is -2.25. The van der Waals surface area contributed by atoms with E-state index in [9.17, 15) is 4.79 Å². The predicted molar refractivity (Wildman–Crippen MR) is 73.2 cm³/mol. The van der Waals surface area contributed by atoms with Gasteiger partial charge in [0.1, 0.15) is 6.10 Å². The van der Waals surface area contributed by atoms with Gasteiger partial charge in [-0.15, -0.1) is 0 Å². The first kappa shape index (κ1) is 12.9. The molecule has 1 atom stereocenters. The van der Waals surface area contributed by atoms with Crippen LogP contribution in [0.15, 0.2) is 29.8 Å². The fourth-order valence-corrected chi connectivity index (χ4v) is 2.38. The van der Waals surface area contributed by atoms with Crippen molar-refractivity contribution in [1.29, 1.82) is 0 Å². The first-order valence-electron chi connectivity index (χ1n) is 6.59. The van der Waals surface area contributed by atoms with E-state index in [1.54, 1.807) is 0 Å². The molecule has 1 aromatic carbocycles. The summed E-state index contributed by atoms with van der Waals surface area (Å²) in [6.45, 7) is 3.57. The number of carbonyl (C=O) groups is 1. The number of carbonyl (C=O) groups excluding carboxylic acids is 1. The van der Waals surface area contributed by atoms with Gasteiger partial charge in [0.2, 0.25) is 0 Å². The Morgan fingerprint density at radius 2 is 2.00 bits per heavy atom. The van der Waals surface area contributed by atoms with Crippen molar-refractivity contribution < 1.29 is 9.53 Å². The molecule has 0 N–H and O–H groups in total. The molecule has 0 amide bonds. The zero-order valence-electron chi connectivity index (χ0n) is 11.1. The summed E-state index contributed by atoms with van der Waals surface area (Å²) in [6.07, 6.45) is 6.48. The molecular formula is C16H20O2. The van der Waals surface area contributed by atoms with Crippen LogP contribution in [0.5, 0.6) is 0 Å². The summed E-state index contributed by atoms with van der Waals surface area (Å²) < 4.78 is 5.39. The van der Waals surface area contributed by atoms with Crippen LogP contribution in [-0.2, 0) is 9.53 Å². The zero-order valence-corrected chi connectivity index (χ0v) is 11.1. The minimum atomic E-state index is -0.184. The molecule has 0 spiro atoms. The van der Waals surface area contributed by atoms with Crippen LogP contribution in [0.1, 0.15) is 43.7 Å². The second kappa shape index (κ2) is 5.85. The van der Waals surface area contributed by atoms with Gasteiger partial charge >= 0.3 is 5.97 Å². The molecule has 2 nitrogen and oxygen atoms in total. The lowest BCUT2D eigenvalue weighted by molar-refractivity contribution is -0.145. The zero-order chi connectivity index (χ0) is 13.0. The van der Waals surface area contributed by atoms with Gasteiger partial charge in [-0.25, -0.2) is 0 Å². The van der Waals surface area contributed by atoms with Crippen molar-refractivity contribution in [3.63, 3.8) is 0 Å². The Morgan fingerprint density at radius 1 is 1.28 bits per heavy atom. The van der Waals surface area contributed by atoms with Crippen LogP contribution in [0, 0.1) is 6.92 Å². The second-order valence-corrected chi connectivity index (χ2v) is 4.97. The lowest BCUT2D eigenvalue weighted by atomic mass is 9.90. The molecule has 0 heterocycles. The Morgan fingerprint density at radius 3 is 2.67 bits per heavy atom. The molecule has 18 heavy (non-hydrogen) atoms. The third-order valence-electron chi connectivity index (χ3n) is 3.33. The van der Waals surface area contributed by atoms with Crippen LogP contribution in [0.2, 0.25) is 0 Å². The SMILES string of the molecule is CC(=O)OC1CCCC/C1=C\c1ccc(C)cc1. The highest BCUT2D eigenvalue weighted by Gasteiger charge is 2.21. The molecule has 1 fully saturated rings. The summed E-state index contributed by atoms with van der Waals surface area (Å²) >= 11 is 0. The van der Waals surface area contributed by atoms with Crippen LogP contribution in [0.25, 0.3) is 6.08 Å². The standard InChI is InChI=1S/C16H20O2/c1-12-7-9-14(10-8-12)11-15-5-3-4-6-16(15)18-13(2)17/h7-11,16H,3-6H2,1-2H3/b15-11+. The van der Waals surface area contributed by atoms with Crippen LogP contribution < -0.4 is 0 Å². The molecule has 1 aliphatic carbocycles. The third-order valence-corrected chi connectivity index (χ3v) is 3.33. The molecule has 96 valence electrons. The van der Waals surface area contributed by atoms with E-state index in [1.165, 1.54) is 30.0 Å². The number of aryl methyl sites for hydroxylation is 1. The number of rotatable bonds is 2. The van der Waals surface area contributed by atoms with Crippen molar-refractivity contribution in [1.82, 2.24) is 0 Å². The van der Waals surface area contributed by atoms with Crippen LogP contribution in [0.4, 0.5) is 0 Å². The van der Waals surface area contributed by atoms with Gasteiger partial charge < -0.3 is 4.74 Å². The van der Waals surface area contributed by atoms with Gasteiger partial charge in [0, 0.05) is 6.92 Å². The maximum atomic E-state index is 11.1. The monoisotopic (exact) mass is 244 g/mol. The minimum Gasteiger partial charge on any atom is -0.458 e. The number of benzene rings is 1. The maximum absolute atomic E-state index is 11.1. The predicted octanol–water partition coefficient (Wildman–Crippen LogP) is 3.88. The Kier molecular flexibility index (Phi) is 4.19. The summed E-state index contributed by atoms with van der Waals surface area (Å²) in [5.41, 5.74) is 3.70. The lowest BCUT2D eigenvalue weighted by Crippen LogP contribution is -2.22. The van der Waals surface area contributed by atoms with Crippen LogP contribution in [-0.4, -0.2) is 12.1 Å². The quantitative estimate of drug-likeness (QED) is 0.738. The molecule has 0 saturated heterocycles. The Bertz CT molecular complexity index is 443. The van der Waals surface area contributed by atoms with E-state index >= 15 is 0 Å². The van der Waals surface area contributed by atoms with Crippen molar-refractivity contribution in [2.75, 3.05) is 0 Å². The molecule has 0 aromatic heterocycles. The van der Waals surface area contributed by atoms with E-state index in [4.69, 9.17) is 4.74 Å².